The normalized spacial score (nSPS) is 12.4. The van der Waals surface area contributed by atoms with E-state index in [1.807, 2.05) is 13.0 Å². The molecule has 1 atom stereocenters. The Kier molecular flexibility index (Phi) is 7.85. The molecule has 0 aliphatic rings. The molecule has 0 aliphatic carbocycles. The van der Waals surface area contributed by atoms with Crippen LogP contribution in [-0.2, 0) is 0 Å². The van der Waals surface area contributed by atoms with E-state index in [1.165, 1.54) is 31.2 Å². The molecule has 2 heteroatoms. The van der Waals surface area contributed by atoms with Crippen molar-refractivity contribution >= 4 is 11.6 Å². The molecule has 1 aromatic rings. The molecule has 0 saturated heterocycles. The third kappa shape index (κ3) is 5.80. The van der Waals surface area contributed by atoms with Gasteiger partial charge >= 0.3 is 0 Å². The minimum absolute atomic E-state index is 0.423. The number of rotatable bonds is 9. The van der Waals surface area contributed by atoms with Gasteiger partial charge in [0.15, 0.2) is 0 Å². The fourth-order valence-electron chi connectivity index (χ4n) is 2.27. The zero-order chi connectivity index (χ0) is 14.1. The molecule has 1 rings (SSSR count). The van der Waals surface area contributed by atoms with Crippen LogP contribution < -0.4 is 5.32 Å². The summed E-state index contributed by atoms with van der Waals surface area (Å²) in [6, 6.07) is 6.83. The quantitative estimate of drug-likeness (QED) is 0.469. The van der Waals surface area contributed by atoms with Gasteiger partial charge in [0.2, 0.25) is 0 Å². The molecule has 0 aromatic heterocycles. The number of halogens is 1. The van der Waals surface area contributed by atoms with Crippen molar-refractivity contribution in [1.82, 2.24) is 5.32 Å². The van der Waals surface area contributed by atoms with Gasteiger partial charge in [-0.2, -0.15) is 0 Å². The molecular weight excluding hydrogens is 254 g/mol. The number of benzene rings is 1. The summed E-state index contributed by atoms with van der Waals surface area (Å²) in [4.78, 5) is 0. The molecule has 19 heavy (non-hydrogen) atoms. The number of hydrogen-bond acceptors (Lipinski definition) is 1. The van der Waals surface area contributed by atoms with Gasteiger partial charge in [0.1, 0.15) is 0 Å². The molecule has 0 radical (unpaired) electrons. The summed E-state index contributed by atoms with van der Waals surface area (Å²) in [5, 5.41) is 4.43. The van der Waals surface area contributed by atoms with Crippen LogP contribution in [0.1, 0.15) is 56.2 Å². The van der Waals surface area contributed by atoms with Crippen molar-refractivity contribution in [2.75, 3.05) is 6.54 Å². The summed E-state index contributed by atoms with van der Waals surface area (Å²) in [5.74, 6) is 0. The van der Waals surface area contributed by atoms with Gasteiger partial charge < -0.3 is 5.32 Å². The van der Waals surface area contributed by atoms with Crippen LogP contribution in [0.3, 0.4) is 0 Å². The van der Waals surface area contributed by atoms with Crippen LogP contribution in [0.2, 0.25) is 5.02 Å². The van der Waals surface area contributed by atoms with E-state index in [2.05, 4.69) is 37.0 Å². The van der Waals surface area contributed by atoms with E-state index in [4.69, 9.17) is 11.6 Å². The minimum Gasteiger partial charge on any atom is -0.310 e. The van der Waals surface area contributed by atoms with Gasteiger partial charge in [0.25, 0.3) is 0 Å². The molecule has 0 spiro atoms. The Morgan fingerprint density at radius 3 is 2.74 bits per heavy atom. The van der Waals surface area contributed by atoms with Gasteiger partial charge in [0.05, 0.1) is 0 Å². The van der Waals surface area contributed by atoms with E-state index in [0.29, 0.717) is 6.04 Å². The van der Waals surface area contributed by atoms with Crippen LogP contribution in [0.15, 0.2) is 30.9 Å². The van der Waals surface area contributed by atoms with Gasteiger partial charge in [-0.15, -0.1) is 6.58 Å². The summed E-state index contributed by atoms with van der Waals surface area (Å²) in [5.41, 5.74) is 2.45. The molecule has 0 saturated carbocycles. The van der Waals surface area contributed by atoms with Gasteiger partial charge in [-0.25, -0.2) is 0 Å². The van der Waals surface area contributed by atoms with Gasteiger partial charge in [0, 0.05) is 11.1 Å². The van der Waals surface area contributed by atoms with Crippen LogP contribution in [-0.4, -0.2) is 6.54 Å². The number of aryl methyl sites for hydroxylation is 1. The number of nitrogens with one attached hydrogen (secondary N) is 1. The van der Waals surface area contributed by atoms with Crippen molar-refractivity contribution in [2.24, 2.45) is 0 Å². The summed E-state index contributed by atoms with van der Waals surface area (Å²) < 4.78 is 0. The Morgan fingerprint density at radius 1 is 1.32 bits per heavy atom. The number of unbranched alkanes of at least 4 members (excludes halogenated alkanes) is 3. The SMILES string of the molecule is C=CCCCCCC(NCC)c1ccc(C)c(Cl)c1. The van der Waals surface area contributed by atoms with E-state index in [9.17, 15) is 0 Å². The largest absolute Gasteiger partial charge is 0.310 e. The van der Waals surface area contributed by atoms with Crippen molar-refractivity contribution in [3.05, 3.63) is 47.0 Å². The second kappa shape index (κ2) is 9.17. The Hall–Kier alpha value is -0.790. The molecule has 1 aromatic carbocycles. The lowest BCUT2D eigenvalue weighted by Gasteiger charge is -2.19. The lowest BCUT2D eigenvalue weighted by molar-refractivity contribution is 0.483. The highest BCUT2D eigenvalue weighted by atomic mass is 35.5. The first-order valence-electron chi connectivity index (χ1n) is 7.29. The second-order valence-corrected chi connectivity index (χ2v) is 5.45. The molecule has 0 amide bonds. The lowest BCUT2D eigenvalue weighted by atomic mass is 9.99. The predicted octanol–water partition coefficient (Wildman–Crippen LogP) is 5.44. The third-order valence-electron chi connectivity index (χ3n) is 3.45. The standard InChI is InChI=1S/C17H26ClN/c1-4-6-7-8-9-10-17(19-5-2)15-12-11-14(3)16(18)13-15/h4,11-13,17,19H,1,5-10H2,2-3H3. The average molecular weight is 280 g/mol. The monoisotopic (exact) mass is 279 g/mol. The van der Waals surface area contributed by atoms with Crippen LogP contribution >= 0.6 is 11.6 Å². The first-order chi connectivity index (χ1) is 9.19. The van der Waals surface area contributed by atoms with Crippen molar-refractivity contribution in [1.29, 1.82) is 0 Å². The Bertz CT molecular complexity index is 387. The molecule has 0 bridgehead atoms. The third-order valence-corrected chi connectivity index (χ3v) is 3.86. The summed E-state index contributed by atoms with van der Waals surface area (Å²) in [6.07, 6.45) is 8.07. The molecule has 0 fully saturated rings. The van der Waals surface area contributed by atoms with Crippen LogP contribution in [0, 0.1) is 6.92 Å². The fraction of sp³-hybridized carbons (Fsp3) is 0.529. The maximum absolute atomic E-state index is 6.22. The predicted molar refractivity (Wildman–Crippen MR) is 85.9 cm³/mol. The summed E-state index contributed by atoms with van der Waals surface area (Å²) in [7, 11) is 0. The van der Waals surface area contributed by atoms with Crippen LogP contribution in [0.4, 0.5) is 0 Å². The van der Waals surface area contributed by atoms with Gasteiger partial charge in [-0.05, 0) is 49.9 Å². The molecular formula is C17H26ClN. The number of allylic oxidation sites excluding steroid dienone is 1. The highest BCUT2D eigenvalue weighted by Crippen LogP contribution is 2.25. The first kappa shape index (κ1) is 16.3. The Morgan fingerprint density at radius 2 is 2.11 bits per heavy atom. The zero-order valence-electron chi connectivity index (χ0n) is 12.2. The van der Waals surface area contributed by atoms with Crippen molar-refractivity contribution in [2.45, 2.75) is 52.0 Å². The van der Waals surface area contributed by atoms with E-state index in [0.717, 1.165) is 23.6 Å². The zero-order valence-corrected chi connectivity index (χ0v) is 13.0. The van der Waals surface area contributed by atoms with E-state index in [1.54, 1.807) is 0 Å². The van der Waals surface area contributed by atoms with E-state index >= 15 is 0 Å². The molecule has 0 aliphatic heterocycles. The topological polar surface area (TPSA) is 12.0 Å². The van der Waals surface area contributed by atoms with Crippen molar-refractivity contribution < 1.29 is 0 Å². The van der Waals surface area contributed by atoms with E-state index in [-0.39, 0.29) is 0 Å². The number of hydrogen-bond donors (Lipinski definition) is 1. The summed E-state index contributed by atoms with van der Waals surface area (Å²) in [6.45, 7) is 8.95. The van der Waals surface area contributed by atoms with E-state index < -0.39 is 0 Å². The minimum atomic E-state index is 0.423. The maximum atomic E-state index is 6.22. The van der Waals surface area contributed by atoms with Crippen molar-refractivity contribution in [3.8, 4) is 0 Å². The maximum Gasteiger partial charge on any atom is 0.0438 e. The fourth-order valence-corrected chi connectivity index (χ4v) is 2.46. The lowest BCUT2D eigenvalue weighted by Crippen LogP contribution is -2.20. The Balaban J connectivity index is 2.55. The highest BCUT2D eigenvalue weighted by Gasteiger charge is 2.10. The van der Waals surface area contributed by atoms with Crippen molar-refractivity contribution in [3.63, 3.8) is 0 Å². The Labute approximate surface area is 123 Å². The highest BCUT2D eigenvalue weighted by molar-refractivity contribution is 6.31. The average Bonchev–Trinajstić information content (AvgIpc) is 2.40. The molecule has 1 unspecified atom stereocenters. The van der Waals surface area contributed by atoms with Gasteiger partial charge in [-0.3, -0.25) is 0 Å². The van der Waals surface area contributed by atoms with Crippen LogP contribution in [0.25, 0.3) is 0 Å². The second-order valence-electron chi connectivity index (χ2n) is 5.05. The molecule has 106 valence electrons. The smallest absolute Gasteiger partial charge is 0.0438 e. The van der Waals surface area contributed by atoms with Gasteiger partial charge in [-0.1, -0.05) is 49.6 Å². The first-order valence-corrected chi connectivity index (χ1v) is 7.67. The summed E-state index contributed by atoms with van der Waals surface area (Å²) >= 11 is 6.22. The molecule has 1 nitrogen and oxygen atoms in total. The van der Waals surface area contributed by atoms with Crippen LogP contribution in [0.5, 0.6) is 0 Å². The molecule has 1 N–H and O–H groups in total. The molecule has 0 heterocycles.